The van der Waals surface area contributed by atoms with E-state index in [0.29, 0.717) is 3.57 Å². The highest BCUT2D eigenvalue weighted by atomic mass is 127. The summed E-state index contributed by atoms with van der Waals surface area (Å²) in [5, 5.41) is 11.5. The first-order valence-corrected chi connectivity index (χ1v) is 8.63. The molecule has 0 aliphatic carbocycles. The minimum atomic E-state index is -1.38. The van der Waals surface area contributed by atoms with Gasteiger partial charge in [-0.2, -0.15) is 0 Å². The largest absolute Gasteiger partial charge is 0.391 e. The number of hydrogen-bond acceptors (Lipinski definition) is 4. The number of nitrogens with one attached hydrogen (secondary N) is 1. The Balaban J connectivity index is 2.38. The van der Waals surface area contributed by atoms with Gasteiger partial charge in [0.1, 0.15) is 12.4 Å². The summed E-state index contributed by atoms with van der Waals surface area (Å²) in [4.78, 5) is 17.1. The van der Waals surface area contributed by atoms with Gasteiger partial charge in [-0.3, -0.25) is 9.63 Å². The Morgan fingerprint density at radius 1 is 1.31 bits per heavy atom. The number of nitrogens with zero attached hydrogens (tertiary/aromatic N) is 1. The number of halogens is 5. The fraction of sp³-hybridized carbons (Fsp3) is 0.188. The van der Waals surface area contributed by atoms with E-state index in [9.17, 15) is 18.0 Å². The highest BCUT2D eigenvalue weighted by Gasteiger charge is 2.24. The van der Waals surface area contributed by atoms with Crippen LogP contribution in [0.3, 0.4) is 0 Å². The van der Waals surface area contributed by atoms with Crippen molar-refractivity contribution in [2.24, 2.45) is 0 Å². The Morgan fingerprint density at radius 3 is 2.62 bits per heavy atom. The Kier molecular flexibility index (Phi) is 7.09. The molecule has 2 aromatic rings. The van der Waals surface area contributed by atoms with Gasteiger partial charge in [0.2, 0.25) is 0 Å². The summed E-state index contributed by atoms with van der Waals surface area (Å²) in [6.45, 7) is 1.10. The first-order chi connectivity index (χ1) is 12.2. The smallest absolute Gasteiger partial charge is 0.295 e. The Labute approximate surface area is 165 Å². The number of benzene rings is 2. The molecule has 0 fully saturated rings. The van der Waals surface area contributed by atoms with Gasteiger partial charge in [-0.05, 0) is 59.8 Å². The minimum absolute atomic E-state index is 0.157. The summed E-state index contributed by atoms with van der Waals surface area (Å²) in [5.41, 5.74) is -1.14. The van der Waals surface area contributed by atoms with Crippen LogP contribution in [0.2, 0.25) is 0 Å². The van der Waals surface area contributed by atoms with Crippen LogP contribution in [0.15, 0.2) is 30.3 Å². The van der Waals surface area contributed by atoms with Crippen LogP contribution in [0.5, 0.6) is 0 Å². The van der Waals surface area contributed by atoms with Crippen LogP contribution in [-0.4, -0.2) is 28.3 Å². The zero-order chi connectivity index (χ0) is 19.4. The maximum Gasteiger partial charge on any atom is 0.295 e. The Morgan fingerprint density at radius 2 is 2.00 bits per heavy atom. The summed E-state index contributed by atoms with van der Waals surface area (Å²) in [5.74, 6) is -4.36. The third kappa shape index (κ3) is 5.00. The van der Waals surface area contributed by atoms with E-state index in [-0.39, 0.29) is 22.4 Å². The molecule has 0 aliphatic rings. The average molecular weight is 501 g/mol. The van der Waals surface area contributed by atoms with Crippen LogP contribution >= 0.6 is 34.4 Å². The third-order valence-electron chi connectivity index (χ3n) is 3.10. The van der Waals surface area contributed by atoms with Gasteiger partial charge < -0.3 is 10.4 Å². The highest BCUT2D eigenvalue weighted by Crippen LogP contribution is 2.29. The molecule has 0 heterocycles. The van der Waals surface area contributed by atoms with Crippen LogP contribution in [0.25, 0.3) is 0 Å². The number of aliphatic hydroxyl groups is 1. The predicted octanol–water partition coefficient (Wildman–Crippen LogP) is 4.36. The van der Waals surface area contributed by atoms with Crippen molar-refractivity contribution in [2.45, 2.75) is 13.0 Å². The number of anilines is 2. The van der Waals surface area contributed by atoms with E-state index in [1.165, 1.54) is 19.1 Å². The molecule has 0 aromatic heterocycles. The molecule has 10 heteroatoms. The first-order valence-electron chi connectivity index (χ1n) is 7.22. The molecule has 140 valence electrons. The van der Waals surface area contributed by atoms with E-state index in [1.54, 1.807) is 6.07 Å². The fourth-order valence-electron chi connectivity index (χ4n) is 1.90. The molecule has 26 heavy (non-hydrogen) atoms. The van der Waals surface area contributed by atoms with Crippen molar-refractivity contribution in [1.29, 1.82) is 0 Å². The van der Waals surface area contributed by atoms with Crippen molar-refractivity contribution < 1.29 is 27.9 Å². The van der Waals surface area contributed by atoms with E-state index >= 15 is 0 Å². The summed E-state index contributed by atoms with van der Waals surface area (Å²) in [6.07, 6.45) is -0.910. The quantitative estimate of drug-likeness (QED) is 0.352. The molecule has 1 unspecified atom stereocenters. The number of carbonyl (C=O) groups is 1. The molecule has 0 spiro atoms. The van der Waals surface area contributed by atoms with E-state index in [0.717, 1.165) is 12.1 Å². The molecule has 2 aromatic carbocycles. The second kappa shape index (κ2) is 8.89. The molecular weight excluding hydrogens is 488 g/mol. The summed E-state index contributed by atoms with van der Waals surface area (Å²) >= 11 is 7.55. The lowest BCUT2D eigenvalue weighted by Crippen LogP contribution is -2.26. The van der Waals surface area contributed by atoms with Crippen molar-refractivity contribution in [2.75, 3.05) is 11.9 Å². The normalized spacial score (nSPS) is 12.0. The maximum atomic E-state index is 14.2. The summed E-state index contributed by atoms with van der Waals surface area (Å²) in [6, 6.07) is 5.76. The van der Waals surface area contributed by atoms with Crippen molar-refractivity contribution in [3.05, 3.63) is 56.9 Å². The maximum absolute atomic E-state index is 14.2. The van der Waals surface area contributed by atoms with Gasteiger partial charge in [0.05, 0.1) is 23.0 Å². The molecule has 0 bridgehead atoms. The highest BCUT2D eigenvalue weighted by molar-refractivity contribution is 14.1. The van der Waals surface area contributed by atoms with Crippen molar-refractivity contribution in [3.8, 4) is 0 Å². The number of rotatable bonds is 6. The zero-order valence-corrected chi connectivity index (χ0v) is 16.2. The summed E-state index contributed by atoms with van der Waals surface area (Å²) in [7, 11) is 0. The van der Waals surface area contributed by atoms with Crippen molar-refractivity contribution in [3.63, 3.8) is 0 Å². The molecule has 2 rings (SSSR count). The molecule has 0 saturated heterocycles. The standard InChI is InChI=1S/C16H13ClF3IN2O3/c1-8(24)7-26-23(17)16(25)10-3-4-11(18)14(20)15(10)22-13-5-2-9(21)6-12(13)19/h2-6,8,22,24H,7H2,1H3. The number of carbonyl (C=O) groups excluding carboxylic acids is 1. The van der Waals surface area contributed by atoms with Gasteiger partial charge in [0.15, 0.2) is 11.6 Å². The second-order valence-corrected chi connectivity index (χ2v) is 6.78. The van der Waals surface area contributed by atoms with Crippen LogP contribution in [0.1, 0.15) is 17.3 Å². The molecule has 0 aliphatic heterocycles. The molecule has 2 N–H and O–H groups in total. The fourth-order valence-corrected chi connectivity index (χ4v) is 2.50. The van der Waals surface area contributed by atoms with Crippen LogP contribution in [-0.2, 0) is 4.84 Å². The van der Waals surface area contributed by atoms with Crippen molar-refractivity contribution in [1.82, 2.24) is 4.58 Å². The van der Waals surface area contributed by atoms with Gasteiger partial charge in [-0.15, -0.1) is 4.58 Å². The SMILES string of the molecule is CC(O)CON(Cl)C(=O)c1ccc(F)c(F)c1Nc1ccc(I)cc1F. The number of aliphatic hydroxyl groups excluding tert-OH is 1. The van der Waals surface area contributed by atoms with Crippen LogP contribution in [0.4, 0.5) is 24.5 Å². The Hall–Kier alpha value is -1.56. The molecule has 1 atom stereocenters. The molecule has 0 radical (unpaired) electrons. The number of amides is 1. The van der Waals surface area contributed by atoms with Crippen molar-refractivity contribution >= 4 is 51.6 Å². The van der Waals surface area contributed by atoms with Gasteiger partial charge in [0, 0.05) is 15.3 Å². The molecule has 0 saturated carbocycles. The lowest BCUT2D eigenvalue weighted by molar-refractivity contribution is -0.0863. The van der Waals surface area contributed by atoms with Crippen LogP contribution < -0.4 is 5.32 Å². The molecule has 5 nitrogen and oxygen atoms in total. The molecule has 1 amide bonds. The predicted molar refractivity (Wildman–Crippen MR) is 98.4 cm³/mol. The van der Waals surface area contributed by atoms with E-state index in [2.05, 4.69) is 5.32 Å². The lowest BCUT2D eigenvalue weighted by atomic mass is 10.1. The van der Waals surface area contributed by atoms with E-state index in [4.69, 9.17) is 21.7 Å². The minimum Gasteiger partial charge on any atom is -0.391 e. The topological polar surface area (TPSA) is 61.8 Å². The van der Waals surface area contributed by atoms with Gasteiger partial charge in [-0.25, -0.2) is 13.2 Å². The van der Waals surface area contributed by atoms with E-state index < -0.39 is 35.2 Å². The van der Waals surface area contributed by atoms with E-state index in [1.807, 2.05) is 22.6 Å². The second-order valence-electron chi connectivity index (χ2n) is 5.23. The van der Waals surface area contributed by atoms with Gasteiger partial charge in [0.25, 0.3) is 5.91 Å². The Bertz CT molecular complexity index is 824. The van der Waals surface area contributed by atoms with Gasteiger partial charge in [-0.1, -0.05) is 0 Å². The molecular formula is C16H13ClF3IN2O3. The lowest BCUT2D eigenvalue weighted by Gasteiger charge is -2.18. The number of hydrogen-bond donors (Lipinski definition) is 2. The summed E-state index contributed by atoms with van der Waals surface area (Å²) < 4.78 is 42.7. The monoisotopic (exact) mass is 500 g/mol. The first kappa shape index (κ1) is 20.7. The number of hydroxylamine groups is 1. The zero-order valence-electron chi connectivity index (χ0n) is 13.3. The average Bonchev–Trinajstić information content (AvgIpc) is 2.58. The third-order valence-corrected chi connectivity index (χ3v) is 4.03. The van der Waals surface area contributed by atoms with Crippen LogP contribution in [0, 0.1) is 21.0 Å². The van der Waals surface area contributed by atoms with Gasteiger partial charge >= 0.3 is 0 Å².